The van der Waals surface area contributed by atoms with E-state index in [2.05, 4.69) is 5.32 Å². The summed E-state index contributed by atoms with van der Waals surface area (Å²) in [5.74, 6) is -0.344. The van der Waals surface area contributed by atoms with Crippen molar-refractivity contribution >= 4 is 5.69 Å². The van der Waals surface area contributed by atoms with E-state index in [4.69, 9.17) is 5.73 Å². The maximum absolute atomic E-state index is 13.0. The summed E-state index contributed by atoms with van der Waals surface area (Å²) in [6.45, 7) is 4.69. The normalized spacial score (nSPS) is 10.8. The number of nitrogens with one attached hydrogen (secondary N) is 1. The van der Waals surface area contributed by atoms with Crippen molar-refractivity contribution in [2.75, 3.05) is 5.73 Å². The zero-order chi connectivity index (χ0) is 9.84. The minimum Gasteiger partial charge on any atom is -0.396 e. The number of benzene rings is 1. The first-order valence-electron chi connectivity index (χ1n) is 4.37. The lowest BCUT2D eigenvalue weighted by atomic mass is 10.1. The van der Waals surface area contributed by atoms with Crippen LogP contribution in [0.5, 0.6) is 0 Å². The highest BCUT2D eigenvalue weighted by Crippen LogP contribution is 2.15. The molecule has 0 atom stereocenters. The van der Waals surface area contributed by atoms with Crippen LogP contribution in [-0.4, -0.2) is 6.04 Å². The van der Waals surface area contributed by atoms with Crippen molar-refractivity contribution in [3.05, 3.63) is 29.6 Å². The molecule has 0 amide bonds. The van der Waals surface area contributed by atoms with E-state index in [9.17, 15) is 4.39 Å². The van der Waals surface area contributed by atoms with Gasteiger partial charge < -0.3 is 11.1 Å². The third-order valence-corrected chi connectivity index (χ3v) is 1.84. The highest BCUT2D eigenvalue weighted by Gasteiger charge is 2.03. The lowest BCUT2D eigenvalue weighted by Gasteiger charge is -2.10. The highest BCUT2D eigenvalue weighted by atomic mass is 19.1. The van der Waals surface area contributed by atoms with Crippen LogP contribution >= 0.6 is 0 Å². The standard InChI is InChI=1S/C10H15FN2/c1-7(2)13-6-8-4-3-5-9(11)10(8)12/h3-5,7,13H,6,12H2,1-2H3. The first-order valence-corrected chi connectivity index (χ1v) is 4.37. The van der Waals surface area contributed by atoms with Gasteiger partial charge >= 0.3 is 0 Å². The van der Waals surface area contributed by atoms with Crippen molar-refractivity contribution in [3.63, 3.8) is 0 Å². The molecule has 13 heavy (non-hydrogen) atoms. The fourth-order valence-electron chi connectivity index (χ4n) is 1.05. The molecule has 3 N–H and O–H groups in total. The number of halogens is 1. The SMILES string of the molecule is CC(C)NCc1cccc(F)c1N. The van der Waals surface area contributed by atoms with Gasteiger partial charge in [0.05, 0.1) is 5.69 Å². The summed E-state index contributed by atoms with van der Waals surface area (Å²) in [5, 5.41) is 3.18. The van der Waals surface area contributed by atoms with Gasteiger partial charge in [0, 0.05) is 12.6 Å². The summed E-state index contributed by atoms with van der Waals surface area (Å²) in [5.41, 5.74) is 6.61. The number of nitrogens with two attached hydrogens (primary N) is 1. The van der Waals surface area contributed by atoms with Gasteiger partial charge in [-0.2, -0.15) is 0 Å². The first-order chi connectivity index (χ1) is 6.11. The van der Waals surface area contributed by atoms with Crippen LogP contribution in [0.4, 0.5) is 10.1 Å². The largest absolute Gasteiger partial charge is 0.396 e. The van der Waals surface area contributed by atoms with Crippen molar-refractivity contribution in [2.45, 2.75) is 26.4 Å². The lowest BCUT2D eigenvalue weighted by molar-refractivity contribution is 0.584. The minimum atomic E-state index is -0.344. The minimum absolute atomic E-state index is 0.246. The smallest absolute Gasteiger partial charge is 0.146 e. The van der Waals surface area contributed by atoms with E-state index in [-0.39, 0.29) is 11.5 Å². The molecule has 72 valence electrons. The van der Waals surface area contributed by atoms with E-state index >= 15 is 0 Å². The molecule has 3 heteroatoms. The molecule has 0 unspecified atom stereocenters. The zero-order valence-electron chi connectivity index (χ0n) is 7.97. The number of hydrogen-bond acceptors (Lipinski definition) is 2. The monoisotopic (exact) mass is 182 g/mol. The van der Waals surface area contributed by atoms with Gasteiger partial charge in [-0.15, -0.1) is 0 Å². The van der Waals surface area contributed by atoms with Gasteiger partial charge in [-0.05, 0) is 11.6 Å². The lowest BCUT2D eigenvalue weighted by Crippen LogP contribution is -2.22. The molecule has 0 saturated heterocycles. The molecular formula is C10H15FN2. The third kappa shape index (κ3) is 2.70. The fraction of sp³-hybridized carbons (Fsp3) is 0.400. The van der Waals surface area contributed by atoms with Gasteiger partial charge in [-0.25, -0.2) is 4.39 Å². The Balaban J connectivity index is 2.71. The Kier molecular flexibility index (Phi) is 3.25. The number of nitrogen functional groups attached to an aromatic ring is 1. The maximum Gasteiger partial charge on any atom is 0.146 e. The topological polar surface area (TPSA) is 38.0 Å². The second-order valence-electron chi connectivity index (χ2n) is 3.35. The van der Waals surface area contributed by atoms with Crippen molar-refractivity contribution in [1.29, 1.82) is 0 Å². The molecule has 0 saturated carbocycles. The van der Waals surface area contributed by atoms with Gasteiger partial charge in [0.25, 0.3) is 0 Å². The number of hydrogen-bond donors (Lipinski definition) is 2. The predicted octanol–water partition coefficient (Wildman–Crippen LogP) is 1.91. The summed E-state index contributed by atoms with van der Waals surface area (Å²) in [7, 11) is 0. The molecule has 1 rings (SSSR count). The predicted molar refractivity (Wildman–Crippen MR) is 52.8 cm³/mol. The van der Waals surface area contributed by atoms with Crippen LogP contribution in [0.15, 0.2) is 18.2 Å². The van der Waals surface area contributed by atoms with Crippen LogP contribution < -0.4 is 11.1 Å². The van der Waals surface area contributed by atoms with E-state index < -0.39 is 0 Å². The number of para-hydroxylation sites is 1. The van der Waals surface area contributed by atoms with Gasteiger partial charge in [-0.3, -0.25) is 0 Å². The number of rotatable bonds is 3. The molecule has 0 bridgehead atoms. The molecule has 2 nitrogen and oxygen atoms in total. The quantitative estimate of drug-likeness (QED) is 0.701. The second-order valence-corrected chi connectivity index (χ2v) is 3.35. The van der Waals surface area contributed by atoms with E-state index in [1.165, 1.54) is 6.07 Å². The van der Waals surface area contributed by atoms with Gasteiger partial charge in [0.1, 0.15) is 5.82 Å². The first kappa shape index (κ1) is 9.99. The van der Waals surface area contributed by atoms with Gasteiger partial charge in [0.2, 0.25) is 0 Å². The van der Waals surface area contributed by atoms with Crippen LogP contribution in [0, 0.1) is 5.82 Å². The average molecular weight is 182 g/mol. The summed E-state index contributed by atoms with van der Waals surface area (Å²) < 4.78 is 13.0. The molecule has 0 aromatic heterocycles. The Morgan fingerprint density at radius 3 is 2.77 bits per heavy atom. The zero-order valence-corrected chi connectivity index (χ0v) is 7.97. The van der Waals surface area contributed by atoms with Crippen molar-refractivity contribution < 1.29 is 4.39 Å². The highest BCUT2D eigenvalue weighted by molar-refractivity contribution is 5.47. The van der Waals surface area contributed by atoms with Crippen molar-refractivity contribution in [3.8, 4) is 0 Å². The van der Waals surface area contributed by atoms with E-state index in [0.717, 1.165) is 5.56 Å². The van der Waals surface area contributed by atoms with E-state index in [1.807, 2.05) is 19.9 Å². The van der Waals surface area contributed by atoms with Gasteiger partial charge in [-0.1, -0.05) is 26.0 Å². The summed E-state index contributed by atoms with van der Waals surface area (Å²) >= 11 is 0. The average Bonchev–Trinajstić information content (AvgIpc) is 2.07. The van der Waals surface area contributed by atoms with Gasteiger partial charge in [0.15, 0.2) is 0 Å². The van der Waals surface area contributed by atoms with Crippen molar-refractivity contribution in [2.24, 2.45) is 0 Å². The molecule has 0 spiro atoms. The molecule has 0 fully saturated rings. The third-order valence-electron chi connectivity index (χ3n) is 1.84. The molecule has 1 aromatic rings. The molecule has 0 heterocycles. The Labute approximate surface area is 77.9 Å². The summed E-state index contributed by atoms with van der Waals surface area (Å²) in [4.78, 5) is 0. The Bertz CT molecular complexity index is 284. The van der Waals surface area contributed by atoms with Crippen LogP contribution in [0.3, 0.4) is 0 Å². The van der Waals surface area contributed by atoms with E-state index in [1.54, 1.807) is 6.07 Å². The Morgan fingerprint density at radius 2 is 2.15 bits per heavy atom. The summed E-state index contributed by atoms with van der Waals surface area (Å²) in [6, 6.07) is 5.24. The van der Waals surface area contributed by atoms with Crippen LogP contribution in [0.25, 0.3) is 0 Å². The Hall–Kier alpha value is -1.09. The molecule has 0 aliphatic heterocycles. The maximum atomic E-state index is 13.0. The van der Waals surface area contributed by atoms with Crippen LogP contribution in [-0.2, 0) is 6.54 Å². The van der Waals surface area contributed by atoms with Crippen molar-refractivity contribution in [1.82, 2.24) is 5.32 Å². The van der Waals surface area contributed by atoms with Crippen LogP contribution in [0.1, 0.15) is 19.4 Å². The molecule has 0 aliphatic rings. The number of anilines is 1. The second kappa shape index (κ2) is 4.23. The molecule has 0 aliphatic carbocycles. The summed E-state index contributed by atoms with van der Waals surface area (Å²) in [6.07, 6.45) is 0. The molecule has 0 radical (unpaired) electrons. The molecular weight excluding hydrogens is 167 g/mol. The molecule has 1 aromatic carbocycles. The fourth-order valence-corrected chi connectivity index (χ4v) is 1.05. The Morgan fingerprint density at radius 1 is 1.46 bits per heavy atom. The van der Waals surface area contributed by atoms with Crippen LogP contribution in [0.2, 0.25) is 0 Å². The van der Waals surface area contributed by atoms with E-state index in [0.29, 0.717) is 12.6 Å².